The van der Waals surface area contributed by atoms with E-state index in [4.69, 9.17) is 10.5 Å². The summed E-state index contributed by atoms with van der Waals surface area (Å²) >= 11 is 0. The van der Waals surface area contributed by atoms with E-state index in [1.807, 2.05) is 0 Å². The van der Waals surface area contributed by atoms with Crippen LogP contribution in [0.5, 0.6) is 0 Å². The number of anilines is 1. The molecule has 0 spiro atoms. The molecule has 1 aromatic carbocycles. The van der Waals surface area contributed by atoms with Crippen LogP contribution < -0.4 is 5.73 Å². The molecule has 0 saturated heterocycles. The predicted molar refractivity (Wildman–Crippen MR) is 73.4 cm³/mol. The largest absolute Gasteiger partial charge is 0.398 e. The first kappa shape index (κ1) is 14.4. The molecule has 0 aliphatic heterocycles. The van der Waals surface area contributed by atoms with Crippen molar-refractivity contribution in [1.82, 2.24) is 20.2 Å². The average molecular weight is 279 g/mol. The van der Waals surface area contributed by atoms with E-state index in [-0.39, 0.29) is 5.82 Å². The van der Waals surface area contributed by atoms with Gasteiger partial charge in [0.15, 0.2) is 5.82 Å². The number of nitrogens with two attached hydrogens (primary N) is 1. The molecule has 20 heavy (non-hydrogen) atoms. The molecule has 1 aromatic heterocycles. The summed E-state index contributed by atoms with van der Waals surface area (Å²) in [5.74, 6) is 0.194. The molecule has 7 heteroatoms. The number of rotatable bonds is 7. The number of nitrogen functional groups attached to an aromatic ring is 1. The van der Waals surface area contributed by atoms with Crippen molar-refractivity contribution in [3.05, 3.63) is 24.0 Å². The SMILES string of the molecule is COCCCCCn1nnnc1-c1ccc(F)cc1N. The van der Waals surface area contributed by atoms with Crippen LogP contribution in [0.15, 0.2) is 18.2 Å². The first-order valence-corrected chi connectivity index (χ1v) is 6.53. The van der Waals surface area contributed by atoms with Crippen LogP contribution in [-0.2, 0) is 11.3 Å². The quantitative estimate of drug-likeness (QED) is 0.618. The van der Waals surface area contributed by atoms with Crippen molar-refractivity contribution in [1.29, 1.82) is 0 Å². The van der Waals surface area contributed by atoms with E-state index in [2.05, 4.69) is 15.5 Å². The van der Waals surface area contributed by atoms with Gasteiger partial charge in [-0.15, -0.1) is 5.10 Å². The lowest BCUT2D eigenvalue weighted by Gasteiger charge is -2.07. The van der Waals surface area contributed by atoms with Gasteiger partial charge < -0.3 is 10.5 Å². The number of ether oxygens (including phenoxy) is 1. The van der Waals surface area contributed by atoms with E-state index in [0.717, 1.165) is 25.9 Å². The maximum absolute atomic E-state index is 13.1. The summed E-state index contributed by atoms with van der Waals surface area (Å²) in [4.78, 5) is 0. The van der Waals surface area contributed by atoms with Crippen molar-refractivity contribution >= 4 is 5.69 Å². The smallest absolute Gasteiger partial charge is 0.184 e. The molecular formula is C13H18FN5O. The number of hydrogen-bond acceptors (Lipinski definition) is 5. The average Bonchev–Trinajstić information content (AvgIpc) is 2.87. The molecule has 108 valence electrons. The topological polar surface area (TPSA) is 78.8 Å². The second kappa shape index (κ2) is 6.95. The number of nitrogens with zero attached hydrogens (tertiary/aromatic N) is 4. The third-order valence-corrected chi connectivity index (χ3v) is 3.00. The van der Waals surface area contributed by atoms with Gasteiger partial charge in [0.2, 0.25) is 0 Å². The van der Waals surface area contributed by atoms with Gasteiger partial charge in [0.05, 0.1) is 0 Å². The molecule has 0 saturated carbocycles. The zero-order valence-corrected chi connectivity index (χ0v) is 11.4. The van der Waals surface area contributed by atoms with Crippen LogP contribution in [-0.4, -0.2) is 33.9 Å². The van der Waals surface area contributed by atoms with Crippen LogP contribution in [0.4, 0.5) is 10.1 Å². The zero-order chi connectivity index (χ0) is 14.4. The molecule has 0 radical (unpaired) electrons. The fraction of sp³-hybridized carbons (Fsp3) is 0.462. The van der Waals surface area contributed by atoms with Crippen molar-refractivity contribution in [2.24, 2.45) is 0 Å². The zero-order valence-electron chi connectivity index (χ0n) is 11.4. The highest BCUT2D eigenvalue weighted by atomic mass is 19.1. The number of aryl methyl sites for hydroxylation is 1. The molecule has 0 aliphatic carbocycles. The van der Waals surface area contributed by atoms with Crippen molar-refractivity contribution < 1.29 is 9.13 Å². The summed E-state index contributed by atoms with van der Waals surface area (Å²) in [7, 11) is 1.69. The summed E-state index contributed by atoms with van der Waals surface area (Å²) in [5.41, 5.74) is 6.79. The van der Waals surface area contributed by atoms with Crippen LogP contribution in [0.1, 0.15) is 19.3 Å². The Labute approximate surface area is 116 Å². The van der Waals surface area contributed by atoms with E-state index < -0.39 is 0 Å². The molecule has 0 amide bonds. The van der Waals surface area contributed by atoms with Crippen LogP contribution >= 0.6 is 0 Å². The molecule has 2 rings (SSSR count). The van der Waals surface area contributed by atoms with E-state index >= 15 is 0 Å². The number of benzene rings is 1. The van der Waals surface area contributed by atoms with Gasteiger partial charge in [0.1, 0.15) is 5.82 Å². The van der Waals surface area contributed by atoms with Crippen molar-refractivity contribution in [2.75, 3.05) is 19.5 Å². The Balaban J connectivity index is 2.04. The minimum atomic E-state index is -0.371. The van der Waals surface area contributed by atoms with E-state index in [1.165, 1.54) is 12.1 Å². The van der Waals surface area contributed by atoms with E-state index in [1.54, 1.807) is 17.9 Å². The molecule has 2 aromatic rings. The highest BCUT2D eigenvalue weighted by Gasteiger charge is 2.12. The van der Waals surface area contributed by atoms with Crippen molar-refractivity contribution in [3.63, 3.8) is 0 Å². The molecule has 0 fully saturated rings. The number of aromatic nitrogens is 4. The molecular weight excluding hydrogens is 261 g/mol. The monoisotopic (exact) mass is 279 g/mol. The predicted octanol–water partition coefficient (Wildman–Crippen LogP) is 1.88. The molecule has 0 unspecified atom stereocenters. The Bertz CT molecular complexity index is 557. The van der Waals surface area contributed by atoms with Gasteiger partial charge in [-0.25, -0.2) is 9.07 Å². The maximum atomic E-state index is 13.1. The summed E-state index contributed by atoms with van der Waals surface area (Å²) in [6.07, 6.45) is 2.99. The first-order chi connectivity index (χ1) is 9.72. The van der Waals surface area contributed by atoms with Crippen LogP contribution in [0, 0.1) is 5.82 Å². The van der Waals surface area contributed by atoms with Crippen molar-refractivity contribution in [2.45, 2.75) is 25.8 Å². The van der Waals surface area contributed by atoms with Crippen LogP contribution in [0.2, 0.25) is 0 Å². The van der Waals surface area contributed by atoms with E-state index in [0.29, 0.717) is 23.6 Å². The van der Waals surface area contributed by atoms with Crippen LogP contribution in [0.25, 0.3) is 11.4 Å². The summed E-state index contributed by atoms with van der Waals surface area (Å²) in [6, 6.07) is 4.22. The lowest BCUT2D eigenvalue weighted by molar-refractivity contribution is 0.191. The lowest BCUT2D eigenvalue weighted by atomic mass is 10.1. The number of tetrazole rings is 1. The van der Waals surface area contributed by atoms with Gasteiger partial charge in [-0.2, -0.15) is 0 Å². The Morgan fingerprint density at radius 3 is 2.90 bits per heavy atom. The van der Waals surface area contributed by atoms with E-state index in [9.17, 15) is 4.39 Å². The number of halogens is 1. The standard InChI is InChI=1S/C13H18FN5O/c1-20-8-4-2-3-7-19-13(16-17-18-19)11-6-5-10(14)9-12(11)15/h5-6,9H,2-4,7-8,15H2,1H3. The van der Waals surface area contributed by atoms with Crippen molar-refractivity contribution in [3.8, 4) is 11.4 Å². The third kappa shape index (κ3) is 3.51. The second-order valence-corrected chi connectivity index (χ2v) is 4.51. The van der Waals surface area contributed by atoms with Gasteiger partial charge >= 0.3 is 0 Å². The number of methoxy groups -OCH3 is 1. The molecule has 0 aliphatic rings. The molecule has 6 nitrogen and oxygen atoms in total. The van der Waals surface area contributed by atoms with Gasteiger partial charge in [0, 0.05) is 31.5 Å². The fourth-order valence-corrected chi connectivity index (χ4v) is 1.97. The lowest BCUT2D eigenvalue weighted by Crippen LogP contribution is -2.05. The molecule has 0 atom stereocenters. The molecule has 0 bridgehead atoms. The highest BCUT2D eigenvalue weighted by Crippen LogP contribution is 2.24. The number of unbranched alkanes of at least 4 members (excludes halogenated alkanes) is 2. The third-order valence-electron chi connectivity index (χ3n) is 3.00. The number of hydrogen-bond donors (Lipinski definition) is 1. The van der Waals surface area contributed by atoms with Gasteiger partial charge in [-0.3, -0.25) is 0 Å². The Hall–Kier alpha value is -2.02. The first-order valence-electron chi connectivity index (χ1n) is 6.53. The molecule has 2 N–H and O–H groups in total. The summed E-state index contributed by atoms with van der Waals surface area (Å²) in [6.45, 7) is 1.45. The minimum Gasteiger partial charge on any atom is -0.398 e. The summed E-state index contributed by atoms with van der Waals surface area (Å²) in [5, 5.41) is 11.6. The molecule has 1 heterocycles. The normalized spacial score (nSPS) is 10.9. The van der Waals surface area contributed by atoms with Gasteiger partial charge in [0.25, 0.3) is 0 Å². The van der Waals surface area contributed by atoms with Gasteiger partial charge in [-0.05, 0) is 47.9 Å². The fourth-order valence-electron chi connectivity index (χ4n) is 1.97. The summed E-state index contributed by atoms with van der Waals surface area (Å²) < 4.78 is 19.8. The minimum absolute atomic E-state index is 0.334. The highest BCUT2D eigenvalue weighted by molar-refractivity contribution is 5.71. The Morgan fingerprint density at radius 1 is 1.30 bits per heavy atom. The Kier molecular flexibility index (Phi) is 5.00. The second-order valence-electron chi connectivity index (χ2n) is 4.51. The Morgan fingerprint density at radius 2 is 2.15 bits per heavy atom. The maximum Gasteiger partial charge on any atom is 0.184 e. The van der Waals surface area contributed by atoms with Crippen LogP contribution in [0.3, 0.4) is 0 Å². The van der Waals surface area contributed by atoms with Gasteiger partial charge in [-0.1, -0.05) is 0 Å².